The minimum absolute atomic E-state index is 0.0217. The summed E-state index contributed by atoms with van der Waals surface area (Å²) in [5.74, 6) is -1.15. The quantitative estimate of drug-likeness (QED) is 0.801. The molecule has 2 rings (SSSR count). The van der Waals surface area contributed by atoms with Crippen LogP contribution >= 0.6 is 0 Å². The molecular formula is C12H18N4O3. The second kappa shape index (κ2) is 4.56. The highest BCUT2D eigenvalue weighted by molar-refractivity contribution is 5.99. The Morgan fingerprint density at radius 2 is 2.05 bits per heavy atom. The molecular weight excluding hydrogens is 248 g/mol. The van der Waals surface area contributed by atoms with Crippen molar-refractivity contribution >= 4 is 17.7 Å². The van der Waals surface area contributed by atoms with Gasteiger partial charge >= 0.3 is 5.97 Å². The van der Waals surface area contributed by atoms with Crippen molar-refractivity contribution in [1.29, 1.82) is 0 Å². The molecule has 2 atom stereocenters. The van der Waals surface area contributed by atoms with Crippen LogP contribution in [0.4, 0.5) is 5.82 Å². The number of primary amides is 1. The number of carbonyl (C=O) groups is 2. The topological polar surface area (TPSA) is 101 Å². The molecule has 0 unspecified atom stereocenters. The van der Waals surface area contributed by atoms with Crippen molar-refractivity contribution in [1.82, 2.24) is 9.78 Å². The summed E-state index contributed by atoms with van der Waals surface area (Å²) >= 11 is 0. The van der Waals surface area contributed by atoms with E-state index < -0.39 is 17.8 Å². The molecule has 1 amide bonds. The third-order valence-electron chi connectivity index (χ3n) is 3.67. The largest absolute Gasteiger partial charge is 0.481 e. The molecule has 3 N–H and O–H groups in total. The number of amides is 1. The molecule has 1 aromatic rings. The molecule has 0 spiro atoms. The first-order chi connectivity index (χ1) is 8.82. The average Bonchev–Trinajstić information content (AvgIpc) is 2.78. The van der Waals surface area contributed by atoms with E-state index in [1.54, 1.807) is 18.7 Å². The number of hydrogen-bond acceptors (Lipinski definition) is 4. The van der Waals surface area contributed by atoms with Crippen LogP contribution in [0.2, 0.25) is 0 Å². The van der Waals surface area contributed by atoms with Gasteiger partial charge in [0.15, 0.2) is 0 Å². The fourth-order valence-electron chi connectivity index (χ4n) is 2.76. The molecule has 0 aliphatic carbocycles. The van der Waals surface area contributed by atoms with E-state index in [0.717, 1.165) is 0 Å². The number of carboxylic acid groups (broad SMARTS) is 1. The van der Waals surface area contributed by atoms with Crippen molar-refractivity contribution in [3.05, 3.63) is 11.3 Å². The molecule has 1 aliphatic heterocycles. The number of nitrogens with zero attached hydrogens (tertiary/aromatic N) is 3. The Kier molecular flexibility index (Phi) is 3.21. The number of anilines is 1. The van der Waals surface area contributed by atoms with Crippen LogP contribution in [0.3, 0.4) is 0 Å². The summed E-state index contributed by atoms with van der Waals surface area (Å²) in [5.41, 5.74) is 6.33. The fourth-order valence-corrected chi connectivity index (χ4v) is 2.76. The van der Waals surface area contributed by atoms with E-state index in [1.807, 2.05) is 11.8 Å². The number of rotatable bonds is 3. The summed E-state index contributed by atoms with van der Waals surface area (Å²) in [6.07, 6.45) is 0. The summed E-state index contributed by atoms with van der Waals surface area (Å²) in [6, 6.07) is 0. The molecule has 104 valence electrons. The summed E-state index contributed by atoms with van der Waals surface area (Å²) < 4.78 is 1.59. The normalized spacial score (nSPS) is 22.8. The number of aliphatic carboxylic acids is 1. The predicted octanol–water partition coefficient (Wildman–Crippen LogP) is -0.0157. The van der Waals surface area contributed by atoms with Gasteiger partial charge in [-0.1, -0.05) is 6.92 Å². The molecule has 0 saturated carbocycles. The van der Waals surface area contributed by atoms with Gasteiger partial charge in [0.1, 0.15) is 11.4 Å². The summed E-state index contributed by atoms with van der Waals surface area (Å²) in [5, 5.41) is 13.4. The highest BCUT2D eigenvalue weighted by Gasteiger charge is 2.37. The predicted molar refractivity (Wildman–Crippen MR) is 69.0 cm³/mol. The lowest BCUT2D eigenvalue weighted by atomic mass is 9.99. The van der Waals surface area contributed by atoms with E-state index >= 15 is 0 Å². The molecule has 1 aliphatic rings. The van der Waals surface area contributed by atoms with Crippen molar-refractivity contribution in [2.75, 3.05) is 18.0 Å². The molecule has 19 heavy (non-hydrogen) atoms. The standard InChI is InChI=1S/C12H18N4O3/c1-6-4-16(5-8(6)12(18)19)11-9(10(13)17)7(2)14-15(11)3/h6,8H,4-5H2,1-3H3,(H2,13,17)(H,18,19)/t6-,8-/m1/s1. The Balaban J connectivity index is 2.39. The molecule has 1 saturated heterocycles. The number of nitrogens with two attached hydrogens (primary N) is 1. The zero-order valence-electron chi connectivity index (χ0n) is 11.3. The average molecular weight is 266 g/mol. The molecule has 0 radical (unpaired) electrons. The first-order valence-electron chi connectivity index (χ1n) is 6.14. The maximum absolute atomic E-state index is 11.5. The second-order valence-electron chi connectivity index (χ2n) is 5.10. The van der Waals surface area contributed by atoms with Crippen LogP contribution in [-0.2, 0) is 11.8 Å². The van der Waals surface area contributed by atoms with Crippen molar-refractivity contribution in [3.63, 3.8) is 0 Å². The maximum Gasteiger partial charge on any atom is 0.308 e. The third kappa shape index (κ3) is 2.16. The molecule has 1 fully saturated rings. The van der Waals surface area contributed by atoms with Gasteiger partial charge in [0, 0.05) is 20.1 Å². The SMILES string of the molecule is Cc1nn(C)c(N2C[C@@H](C)[C@H](C(=O)O)C2)c1C(N)=O. The Bertz CT molecular complexity index is 537. The minimum Gasteiger partial charge on any atom is -0.481 e. The molecule has 7 nitrogen and oxygen atoms in total. The Morgan fingerprint density at radius 1 is 1.42 bits per heavy atom. The number of carboxylic acids is 1. The van der Waals surface area contributed by atoms with Gasteiger partial charge in [-0.3, -0.25) is 14.3 Å². The van der Waals surface area contributed by atoms with Gasteiger partial charge in [0.05, 0.1) is 11.6 Å². The van der Waals surface area contributed by atoms with Crippen LogP contribution in [0.1, 0.15) is 23.0 Å². The van der Waals surface area contributed by atoms with Crippen LogP contribution in [0.5, 0.6) is 0 Å². The zero-order chi connectivity index (χ0) is 14.3. The Morgan fingerprint density at radius 3 is 2.53 bits per heavy atom. The van der Waals surface area contributed by atoms with Crippen molar-refractivity contribution in [2.45, 2.75) is 13.8 Å². The van der Waals surface area contributed by atoms with Gasteiger partial charge < -0.3 is 15.7 Å². The molecule has 1 aromatic heterocycles. The van der Waals surface area contributed by atoms with Gasteiger partial charge in [0.2, 0.25) is 0 Å². The lowest BCUT2D eigenvalue weighted by Gasteiger charge is -2.19. The van der Waals surface area contributed by atoms with Crippen LogP contribution < -0.4 is 10.6 Å². The van der Waals surface area contributed by atoms with Gasteiger partial charge in [0.25, 0.3) is 5.91 Å². The highest BCUT2D eigenvalue weighted by atomic mass is 16.4. The second-order valence-corrected chi connectivity index (χ2v) is 5.10. The van der Waals surface area contributed by atoms with Crippen LogP contribution in [-0.4, -0.2) is 39.9 Å². The zero-order valence-corrected chi connectivity index (χ0v) is 11.3. The van der Waals surface area contributed by atoms with E-state index in [9.17, 15) is 9.59 Å². The number of aryl methyl sites for hydroxylation is 2. The molecule has 0 aromatic carbocycles. The van der Waals surface area contributed by atoms with E-state index in [-0.39, 0.29) is 5.92 Å². The smallest absolute Gasteiger partial charge is 0.308 e. The lowest BCUT2D eigenvalue weighted by Crippen LogP contribution is -2.27. The van der Waals surface area contributed by atoms with Crippen LogP contribution in [0.25, 0.3) is 0 Å². The molecule has 0 bridgehead atoms. The minimum atomic E-state index is -0.811. The number of hydrogen-bond donors (Lipinski definition) is 2. The highest BCUT2D eigenvalue weighted by Crippen LogP contribution is 2.31. The lowest BCUT2D eigenvalue weighted by molar-refractivity contribution is -0.142. The van der Waals surface area contributed by atoms with Crippen molar-refractivity contribution in [3.8, 4) is 0 Å². The van der Waals surface area contributed by atoms with E-state index in [4.69, 9.17) is 10.8 Å². The third-order valence-corrected chi connectivity index (χ3v) is 3.67. The van der Waals surface area contributed by atoms with E-state index in [1.165, 1.54) is 0 Å². The Labute approximate surface area is 111 Å². The van der Waals surface area contributed by atoms with Gasteiger partial charge in [-0.15, -0.1) is 0 Å². The first kappa shape index (κ1) is 13.4. The molecule has 7 heteroatoms. The van der Waals surface area contributed by atoms with E-state index in [2.05, 4.69) is 5.10 Å². The number of aromatic nitrogens is 2. The number of carbonyl (C=O) groups excluding carboxylic acids is 1. The van der Waals surface area contributed by atoms with Crippen molar-refractivity contribution < 1.29 is 14.7 Å². The molecule has 2 heterocycles. The first-order valence-corrected chi connectivity index (χ1v) is 6.14. The van der Waals surface area contributed by atoms with Gasteiger partial charge in [-0.2, -0.15) is 5.10 Å². The maximum atomic E-state index is 11.5. The Hall–Kier alpha value is -2.05. The van der Waals surface area contributed by atoms with Gasteiger partial charge in [-0.25, -0.2) is 0 Å². The van der Waals surface area contributed by atoms with Crippen molar-refractivity contribution in [2.24, 2.45) is 24.6 Å². The van der Waals surface area contributed by atoms with E-state index in [0.29, 0.717) is 30.2 Å². The monoisotopic (exact) mass is 266 g/mol. The fraction of sp³-hybridized carbons (Fsp3) is 0.583. The summed E-state index contributed by atoms with van der Waals surface area (Å²) in [7, 11) is 1.73. The summed E-state index contributed by atoms with van der Waals surface area (Å²) in [6.45, 7) is 4.57. The summed E-state index contributed by atoms with van der Waals surface area (Å²) in [4.78, 5) is 24.6. The van der Waals surface area contributed by atoms with Gasteiger partial charge in [-0.05, 0) is 12.8 Å². The van der Waals surface area contributed by atoms with Crippen LogP contribution in [0, 0.1) is 18.8 Å². The van der Waals surface area contributed by atoms with Crippen LogP contribution in [0.15, 0.2) is 0 Å².